The van der Waals surface area contributed by atoms with Crippen molar-refractivity contribution in [2.24, 2.45) is 5.92 Å². The van der Waals surface area contributed by atoms with Crippen molar-refractivity contribution in [3.8, 4) is 0 Å². The molecule has 0 N–H and O–H groups in total. The maximum absolute atomic E-state index is 4.63. The van der Waals surface area contributed by atoms with Crippen LogP contribution in [0, 0.1) is 12.8 Å². The van der Waals surface area contributed by atoms with E-state index >= 15 is 0 Å². The molecule has 3 heteroatoms. The van der Waals surface area contributed by atoms with Gasteiger partial charge in [-0.15, -0.1) is 0 Å². The third-order valence-electron chi connectivity index (χ3n) is 4.21. The van der Waals surface area contributed by atoms with Crippen LogP contribution in [0.3, 0.4) is 0 Å². The molecule has 0 radical (unpaired) electrons. The van der Waals surface area contributed by atoms with Crippen molar-refractivity contribution in [1.82, 2.24) is 9.88 Å². The summed E-state index contributed by atoms with van der Waals surface area (Å²) in [6, 6.07) is 10.7. The predicted octanol–water partition coefficient (Wildman–Crippen LogP) is 4.15. The molecule has 0 saturated carbocycles. The van der Waals surface area contributed by atoms with E-state index in [0.29, 0.717) is 4.83 Å². The van der Waals surface area contributed by atoms with Crippen LogP contribution in [-0.2, 0) is 6.54 Å². The van der Waals surface area contributed by atoms with Gasteiger partial charge in [-0.2, -0.15) is 0 Å². The Morgan fingerprint density at radius 3 is 2.95 bits per heavy atom. The molecule has 0 amide bonds. The lowest BCUT2D eigenvalue weighted by molar-refractivity contribution is 0.184. The summed E-state index contributed by atoms with van der Waals surface area (Å²) in [6.45, 7) is 7.81. The molecule has 0 spiro atoms. The summed E-state index contributed by atoms with van der Waals surface area (Å²) >= 11 is 3.78. The molecule has 1 aliphatic rings. The number of likely N-dealkylation sites (tertiary alicyclic amines) is 1. The third-order valence-corrected chi connectivity index (χ3v) is 5.57. The number of rotatable bonds is 2. The number of alkyl halides is 1. The van der Waals surface area contributed by atoms with Crippen molar-refractivity contribution in [3.63, 3.8) is 0 Å². The highest BCUT2D eigenvalue weighted by Crippen LogP contribution is 2.26. The summed E-state index contributed by atoms with van der Waals surface area (Å²) in [5.41, 5.74) is 3.64. The first-order valence-corrected chi connectivity index (χ1v) is 8.27. The molecular weight excluding hydrogens is 312 g/mol. The zero-order valence-corrected chi connectivity index (χ0v) is 13.7. The minimum Gasteiger partial charge on any atom is -0.299 e. The molecule has 2 atom stereocenters. The summed E-state index contributed by atoms with van der Waals surface area (Å²) in [7, 11) is 0. The highest BCUT2D eigenvalue weighted by atomic mass is 79.9. The van der Waals surface area contributed by atoms with Gasteiger partial charge in [-0.05, 0) is 43.5 Å². The fraction of sp³-hybridized carbons (Fsp3) is 0.471. The number of halogens is 1. The second-order valence-corrected chi connectivity index (χ2v) is 7.13. The van der Waals surface area contributed by atoms with Crippen LogP contribution in [0.2, 0.25) is 0 Å². The summed E-state index contributed by atoms with van der Waals surface area (Å²) in [5, 5.41) is 1.30. The SMILES string of the molecule is Cc1cc(CN2CCC(Br)C(C)C2)c2ccccc2n1. The first-order valence-electron chi connectivity index (χ1n) is 7.35. The molecule has 106 valence electrons. The summed E-state index contributed by atoms with van der Waals surface area (Å²) in [4.78, 5) is 7.88. The fourth-order valence-corrected chi connectivity index (χ4v) is 3.49. The number of para-hydroxylation sites is 1. The Morgan fingerprint density at radius 2 is 2.15 bits per heavy atom. The van der Waals surface area contributed by atoms with Crippen molar-refractivity contribution in [2.75, 3.05) is 13.1 Å². The van der Waals surface area contributed by atoms with Gasteiger partial charge >= 0.3 is 0 Å². The molecule has 2 unspecified atom stereocenters. The number of fused-ring (bicyclic) bond motifs is 1. The van der Waals surface area contributed by atoms with Crippen LogP contribution < -0.4 is 0 Å². The molecule has 1 aliphatic heterocycles. The van der Waals surface area contributed by atoms with E-state index in [9.17, 15) is 0 Å². The predicted molar refractivity (Wildman–Crippen MR) is 88.3 cm³/mol. The number of aromatic nitrogens is 1. The quantitative estimate of drug-likeness (QED) is 0.768. The Labute approximate surface area is 129 Å². The number of piperidine rings is 1. The van der Waals surface area contributed by atoms with Gasteiger partial charge in [0, 0.05) is 29.0 Å². The number of benzene rings is 1. The van der Waals surface area contributed by atoms with Crippen LogP contribution >= 0.6 is 15.9 Å². The van der Waals surface area contributed by atoms with Crippen molar-refractivity contribution in [1.29, 1.82) is 0 Å². The van der Waals surface area contributed by atoms with Crippen molar-refractivity contribution < 1.29 is 0 Å². The van der Waals surface area contributed by atoms with E-state index in [1.165, 1.54) is 30.5 Å². The zero-order valence-electron chi connectivity index (χ0n) is 12.1. The second kappa shape index (κ2) is 5.82. The first kappa shape index (κ1) is 14.0. The Hall–Kier alpha value is -0.930. The van der Waals surface area contributed by atoms with E-state index in [1.54, 1.807) is 0 Å². The van der Waals surface area contributed by atoms with Crippen LogP contribution in [0.5, 0.6) is 0 Å². The standard InChI is InChI=1S/C17H21BrN2/c1-12-10-20(8-7-16(12)18)11-14-9-13(2)19-17-6-4-3-5-15(14)17/h3-6,9,12,16H,7-8,10-11H2,1-2H3. The van der Waals surface area contributed by atoms with Crippen LogP contribution in [0.25, 0.3) is 10.9 Å². The lowest BCUT2D eigenvalue weighted by atomic mass is 9.99. The minimum absolute atomic E-state index is 0.676. The van der Waals surface area contributed by atoms with Gasteiger partial charge in [0.15, 0.2) is 0 Å². The largest absolute Gasteiger partial charge is 0.299 e. The van der Waals surface area contributed by atoms with Gasteiger partial charge < -0.3 is 0 Å². The fourth-order valence-electron chi connectivity index (χ4n) is 3.11. The number of pyridine rings is 1. The van der Waals surface area contributed by atoms with Gasteiger partial charge in [-0.1, -0.05) is 41.1 Å². The maximum atomic E-state index is 4.63. The molecule has 0 aliphatic carbocycles. The number of aryl methyl sites for hydroxylation is 1. The molecular formula is C17H21BrN2. The topological polar surface area (TPSA) is 16.1 Å². The van der Waals surface area contributed by atoms with Crippen LogP contribution in [0.4, 0.5) is 0 Å². The van der Waals surface area contributed by atoms with Crippen LogP contribution in [-0.4, -0.2) is 27.8 Å². The number of nitrogens with zero attached hydrogens (tertiary/aromatic N) is 2. The minimum atomic E-state index is 0.676. The lowest BCUT2D eigenvalue weighted by Gasteiger charge is -2.34. The van der Waals surface area contributed by atoms with E-state index < -0.39 is 0 Å². The lowest BCUT2D eigenvalue weighted by Crippen LogP contribution is -2.39. The summed E-state index contributed by atoms with van der Waals surface area (Å²) in [5.74, 6) is 0.720. The highest BCUT2D eigenvalue weighted by Gasteiger charge is 2.24. The van der Waals surface area contributed by atoms with Gasteiger partial charge in [0.2, 0.25) is 0 Å². The molecule has 0 bridgehead atoms. The summed E-state index contributed by atoms with van der Waals surface area (Å²) < 4.78 is 0. The Morgan fingerprint density at radius 1 is 1.35 bits per heavy atom. The molecule has 3 rings (SSSR count). The monoisotopic (exact) mass is 332 g/mol. The number of hydrogen-bond donors (Lipinski definition) is 0. The second-order valence-electron chi connectivity index (χ2n) is 5.96. The van der Waals surface area contributed by atoms with Crippen LogP contribution in [0.1, 0.15) is 24.6 Å². The molecule has 2 nitrogen and oxygen atoms in total. The van der Waals surface area contributed by atoms with Gasteiger partial charge in [-0.25, -0.2) is 0 Å². The molecule has 2 heterocycles. The van der Waals surface area contributed by atoms with Gasteiger partial charge in [0.1, 0.15) is 0 Å². The molecule has 1 aromatic carbocycles. The van der Waals surface area contributed by atoms with Crippen molar-refractivity contribution >= 4 is 26.8 Å². The van der Waals surface area contributed by atoms with E-state index in [0.717, 1.165) is 23.7 Å². The first-order chi connectivity index (χ1) is 9.63. The molecule has 1 fully saturated rings. The van der Waals surface area contributed by atoms with Crippen LogP contribution in [0.15, 0.2) is 30.3 Å². The van der Waals surface area contributed by atoms with Crippen molar-refractivity contribution in [2.45, 2.75) is 31.6 Å². The average Bonchev–Trinajstić information content (AvgIpc) is 2.43. The van der Waals surface area contributed by atoms with Gasteiger partial charge in [0.25, 0.3) is 0 Å². The molecule has 1 saturated heterocycles. The van der Waals surface area contributed by atoms with E-state index in [-0.39, 0.29) is 0 Å². The Bertz CT molecular complexity index is 611. The highest BCUT2D eigenvalue weighted by molar-refractivity contribution is 9.09. The molecule has 2 aromatic rings. The Kier molecular flexibility index (Phi) is 4.08. The van der Waals surface area contributed by atoms with E-state index in [4.69, 9.17) is 0 Å². The third kappa shape index (κ3) is 2.89. The molecule has 20 heavy (non-hydrogen) atoms. The van der Waals surface area contributed by atoms with Gasteiger partial charge in [0.05, 0.1) is 5.52 Å². The van der Waals surface area contributed by atoms with Gasteiger partial charge in [-0.3, -0.25) is 9.88 Å². The average molecular weight is 333 g/mol. The molecule has 1 aromatic heterocycles. The summed E-state index contributed by atoms with van der Waals surface area (Å²) in [6.07, 6.45) is 1.24. The van der Waals surface area contributed by atoms with Crippen molar-refractivity contribution in [3.05, 3.63) is 41.6 Å². The van der Waals surface area contributed by atoms with E-state index in [2.05, 4.69) is 70.0 Å². The smallest absolute Gasteiger partial charge is 0.0708 e. The van der Waals surface area contributed by atoms with E-state index in [1.807, 2.05) is 0 Å². The maximum Gasteiger partial charge on any atom is 0.0708 e. The normalized spacial score (nSPS) is 24.1. The Balaban J connectivity index is 1.87. The zero-order chi connectivity index (χ0) is 14.1. The number of hydrogen-bond acceptors (Lipinski definition) is 2.